The van der Waals surface area contributed by atoms with Gasteiger partial charge >= 0.3 is 0 Å². The number of hydrogen-bond donors (Lipinski definition) is 0. The van der Waals surface area contributed by atoms with Gasteiger partial charge in [-0.15, -0.1) is 0 Å². The van der Waals surface area contributed by atoms with Crippen LogP contribution in [0.3, 0.4) is 0 Å². The predicted octanol–water partition coefficient (Wildman–Crippen LogP) is 5.89. The second-order valence-corrected chi connectivity index (χ2v) is 8.42. The van der Waals surface area contributed by atoms with E-state index in [2.05, 4.69) is 46.8 Å². The summed E-state index contributed by atoms with van der Waals surface area (Å²) in [5, 5.41) is 0. The van der Waals surface area contributed by atoms with E-state index in [0.29, 0.717) is 31.0 Å². The lowest BCUT2D eigenvalue weighted by atomic mass is 9.66. The first-order valence-electron chi connectivity index (χ1n) is 10.1. The maximum atomic E-state index is 6.09. The molecule has 0 saturated carbocycles. The van der Waals surface area contributed by atoms with Crippen molar-refractivity contribution in [2.75, 3.05) is 13.2 Å². The van der Waals surface area contributed by atoms with Crippen LogP contribution in [0.2, 0.25) is 0 Å². The molecule has 1 aliphatic rings. The first kappa shape index (κ1) is 23.0. The Morgan fingerprint density at radius 2 is 1.42 bits per heavy atom. The van der Waals surface area contributed by atoms with Crippen LogP contribution in [0.15, 0.2) is 23.7 Å². The first-order chi connectivity index (χ1) is 12.1. The predicted molar refractivity (Wildman–Crippen MR) is 106 cm³/mol. The number of hydrogen-bond acceptors (Lipinski definition) is 4. The zero-order valence-electron chi connectivity index (χ0n) is 18.3. The topological polar surface area (TPSA) is 36.9 Å². The van der Waals surface area contributed by atoms with Crippen molar-refractivity contribution in [2.45, 2.75) is 81.3 Å². The summed E-state index contributed by atoms with van der Waals surface area (Å²) in [6, 6.07) is 0. The van der Waals surface area contributed by atoms with Crippen LogP contribution in [0.5, 0.6) is 0 Å². The SMILES string of the molecule is CCOC(C)OC1=CCC(C(C(C)C)C(C)(C)C)C=C1OC(C)OCC. The molecule has 0 bridgehead atoms. The largest absolute Gasteiger partial charge is 0.462 e. The molecule has 0 aromatic rings. The van der Waals surface area contributed by atoms with Crippen molar-refractivity contribution in [1.82, 2.24) is 0 Å². The Balaban J connectivity index is 3.05. The van der Waals surface area contributed by atoms with Gasteiger partial charge in [-0.05, 0) is 69.4 Å². The minimum atomic E-state index is -0.313. The summed E-state index contributed by atoms with van der Waals surface area (Å²) in [6.07, 6.45) is 4.71. The molecule has 0 N–H and O–H groups in total. The molecule has 1 aliphatic carbocycles. The second kappa shape index (κ2) is 10.4. The molecule has 4 unspecified atom stereocenters. The van der Waals surface area contributed by atoms with Gasteiger partial charge in [0.1, 0.15) is 0 Å². The third-order valence-electron chi connectivity index (χ3n) is 4.75. The van der Waals surface area contributed by atoms with Crippen molar-refractivity contribution in [2.24, 2.45) is 23.2 Å². The van der Waals surface area contributed by atoms with Gasteiger partial charge < -0.3 is 18.9 Å². The third-order valence-corrected chi connectivity index (χ3v) is 4.75. The molecule has 0 fully saturated rings. The second-order valence-electron chi connectivity index (χ2n) is 8.42. The summed E-state index contributed by atoms with van der Waals surface area (Å²) >= 11 is 0. The Morgan fingerprint density at radius 1 is 0.923 bits per heavy atom. The lowest BCUT2D eigenvalue weighted by Gasteiger charge is -2.40. The van der Waals surface area contributed by atoms with Crippen molar-refractivity contribution in [3.05, 3.63) is 23.7 Å². The van der Waals surface area contributed by atoms with Crippen LogP contribution in [-0.4, -0.2) is 25.8 Å². The molecule has 0 heterocycles. The average molecular weight is 369 g/mol. The van der Waals surface area contributed by atoms with Gasteiger partial charge in [0.05, 0.1) is 0 Å². The highest BCUT2D eigenvalue weighted by Gasteiger charge is 2.35. The molecule has 26 heavy (non-hydrogen) atoms. The Bertz CT molecular complexity index is 473. The monoisotopic (exact) mass is 368 g/mol. The van der Waals surface area contributed by atoms with Gasteiger partial charge in [-0.2, -0.15) is 0 Å². The molecular formula is C22H40O4. The normalized spacial score (nSPS) is 21.7. The molecule has 4 heteroatoms. The van der Waals surface area contributed by atoms with Gasteiger partial charge in [-0.25, -0.2) is 0 Å². The van der Waals surface area contributed by atoms with Gasteiger partial charge in [0.15, 0.2) is 24.1 Å². The van der Waals surface area contributed by atoms with E-state index in [1.807, 2.05) is 27.7 Å². The Kier molecular flexibility index (Phi) is 9.18. The highest BCUT2D eigenvalue weighted by atomic mass is 16.7. The van der Waals surface area contributed by atoms with Gasteiger partial charge in [0.25, 0.3) is 0 Å². The molecule has 152 valence electrons. The molecular weight excluding hydrogens is 328 g/mol. The van der Waals surface area contributed by atoms with Gasteiger partial charge in [-0.3, -0.25) is 0 Å². The smallest absolute Gasteiger partial charge is 0.197 e. The third kappa shape index (κ3) is 6.96. The molecule has 0 amide bonds. The highest BCUT2D eigenvalue weighted by Crippen LogP contribution is 2.43. The molecule has 0 aromatic carbocycles. The fraction of sp³-hybridized carbons (Fsp3) is 0.818. The minimum Gasteiger partial charge on any atom is -0.462 e. The molecule has 0 aliphatic heterocycles. The van der Waals surface area contributed by atoms with Crippen LogP contribution in [-0.2, 0) is 18.9 Å². The molecule has 0 aromatic heterocycles. The maximum absolute atomic E-state index is 6.09. The molecule has 4 atom stereocenters. The van der Waals surface area contributed by atoms with E-state index < -0.39 is 0 Å². The Morgan fingerprint density at radius 3 is 1.85 bits per heavy atom. The first-order valence-corrected chi connectivity index (χ1v) is 10.1. The number of rotatable bonds is 10. The summed E-state index contributed by atoms with van der Waals surface area (Å²) in [5.41, 5.74) is 0.219. The van der Waals surface area contributed by atoms with Crippen LogP contribution < -0.4 is 0 Å². The zero-order chi connectivity index (χ0) is 19.9. The van der Waals surface area contributed by atoms with Crippen molar-refractivity contribution < 1.29 is 18.9 Å². The van der Waals surface area contributed by atoms with Gasteiger partial charge in [0, 0.05) is 13.2 Å². The number of ether oxygens (including phenoxy) is 4. The van der Waals surface area contributed by atoms with E-state index in [-0.39, 0.29) is 18.0 Å². The quantitative estimate of drug-likeness (QED) is 0.450. The van der Waals surface area contributed by atoms with Crippen molar-refractivity contribution in [3.8, 4) is 0 Å². The summed E-state index contributed by atoms with van der Waals surface area (Å²) in [6.45, 7) is 20.6. The zero-order valence-corrected chi connectivity index (χ0v) is 18.3. The highest BCUT2D eigenvalue weighted by molar-refractivity contribution is 5.26. The van der Waals surface area contributed by atoms with Crippen LogP contribution in [0, 0.1) is 23.2 Å². The summed E-state index contributed by atoms with van der Waals surface area (Å²) in [7, 11) is 0. The van der Waals surface area contributed by atoms with E-state index in [1.165, 1.54) is 0 Å². The van der Waals surface area contributed by atoms with Crippen molar-refractivity contribution in [1.29, 1.82) is 0 Å². The number of allylic oxidation sites excluding steroid dienone is 2. The standard InChI is InChI=1S/C22H40O4/c1-10-23-16(5)25-19-13-12-18(21(15(3)4)22(7,8)9)14-20(19)26-17(6)24-11-2/h13-18,21H,10-12H2,1-9H3. The summed E-state index contributed by atoms with van der Waals surface area (Å²) in [5.74, 6) is 3.06. The molecule has 0 spiro atoms. The molecule has 0 radical (unpaired) electrons. The average Bonchev–Trinajstić information content (AvgIpc) is 2.48. The fourth-order valence-corrected chi connectivity index (χ4v) is 4.17. The van der Waals surface area contributed by atoms with E-state index in [0.717, 1.165) is 17.9 Å². The summed E-state index contributed by atoms with van der Waals surface area (Å²) < 4.78 is 23.2. The van der Waals surface area contributed by atoms with E-state index in [9.17, 15) is 0 Å². The van der Waals surface area contributed by atoms with E-state index in [1.54, 1.807) is 0 Å². The van der Waals surface area contributed by atoms with E-state index in [4.69, 9.17) is 18.9 Å². The summed E-state index contributed by atoms with van der Waals surface area (Å²) in [4.78, 5) is 0. The fourth-order valence-electron chi connectivity index (χ4n) is 4.17. The lowest BCUT2D eigenvalue weighted by molar-refractivity contribution is -0.125. The maximum Gasteiger partial charge on any atom is 0.197 e. The Hall–Kier alpha value is -1.00. The molecule has 4 nitrogen and oxygen atoms in total. The van der Waals surface area contributed by atoms with E-state index >= 15 is 0 Å². The van der Waals surface area contributed by atoms with Crippen LogP contribution in [0.25, 0.3) is 0 Å². The molecule has 1 rings (SSSR count). The van der Waals surface area contributed by atoms with Gasteiger partial charge in [0.2, 0.25) is 0 Å². The van der Waals surface area contributed by atoms with Crippen LogP contribution >= 0.6 is 0 Å². The van der Waals surface area contributed by atoms with Crippen LogP contribution in [0.4, 0.5) is 0 Å². The van der Waals surface area contributed by atoms with Crippen molar-refractivity contribution >= 4 is 0 Å². The van der Waals surface area contributed by atoms with Crippen LogP contribution in [0.1, 0.15) is 68.7 Å². The minimum absolute atomic E-state index is 0.219. The van der Waals surface area contributed by atoms with Gasteiger partial charge in [-0.1, -0.05) is 34.6 Å². The Labute approximate surface area is 160 Å². The van der Waals surface area contributed by atoms with Crippen molar-refractivity contribution in [3.63, 3.8) is 0 Å². The molecule has 0 saturated heterocycles. The lowest BCUT2D eigenvalue weighted by Crippen LogP contribution is -2.33.